The molecule has 3 nitrogen and oxygen atoms in total. The summed E-state index contributed by atoms with van der Waals surface area (Å²) in [6, 6.07) is 6.65. The fourth-order valence-electron chi connectivity index (χ4n) is 2.86. The molecule has 0 aromatic heterocycles. The van der Waals surface area contributed by atoms with Crippen molar-refractivity contribution in [3.8, 4) is 0 Å². The minimum Gasteiger partial charge on any atom is -0.263 e. The van der Waals surface area contributed by atoms with Crippen molar-refractivity contribution in [1.82, 2.24) is 4.31 Å². The van der Waals surface area contributed by atoms with Crippen LogP contribution in [0.2, 0.25) is 0 Å². The second kappa shape index (κ2) is 10.5. The number of aryl methyl sites for hydroxylation is 1. The molecule has 0 saturated carbocycles. The van der Waals surface area contributed by atoms with Crippen molar-refractivity contribution in [3.63, 3.8) is 0 Å². The van der Waals surface area contributed by atoms with Crippen molar-refractivity contribution in [2.75, 3.05) is 6.54 Å². The first-order valence-electron chi connectivity index (χ1n) is 9.67. The Morgan fingerprint density at radius 1 is 1.10 bits per heavy atom. The van der Waals surface area contributed by atoms with Crippen LogP contribution in [-0.4, -0.2) is 25.4 Å². The molecule has 0 aliphatic heterocycles. The van der Waals surface area contributed by atoms with Crippen LogP contribution in [0.25, 0.3) is 0 Å². The highest BCUT2D eigenvalue weighted by atomic mass is 32.2. The lowest BCUT2D eigenvalue weighted by atomic mass is 10.1. The molecule has 0 atom stereocenters. The maximum atomic E-state index is 13.2. The van der Waals surface area contributed by atoms with E-state index in [-0.39, 0.29) is 17.9 Å². The van der Waals surface area contributed by atoms with Gasteiger partial charge in [-0.2, -0.15) is 13.2 Å². The van der Waals surface area contributed by atoms with E-state index in [1.807, 2.05) is 19.1 Å². The summed E-state index contributed by atoms with van der Waals surface area (Å²) >= 11 is 0. The first-order chi connectivity index (χ1) is 14.2. The van der Waals surface area contributed by atoms with Crippen LogP contribution < -0.4 is 0 Å². The molecule has 0 saturated heterocycles. The normalized spacial score (nSPS) is 15.8. The lowest BCUT2D eigenvalue weighted by molar-refractivity contribution is -0.0883. The Balaban J connectivity index is 2.15. The molecular weight excluding hydrogens is 411 g/mol. The van der Waals surface area contributed by atoms with Gasteiger partial charge in [-0.1, -0.05) is 60.2 Å². The number of benzene rings is 1. The minimum absolute atomic E-state index is 0.0932. The Hall–Kier alpha value is -2.54. The van der Waals surface area contributed by atoms with E-state index in [9.17, 15) is 21.6 Å². The summed E-state index contributed by atoms with van der Waals surface area (Å²) in [7, 11) is -3.76. The second-order valence-electron chi connectivity index (χ2n) is 6.81. The van der Waals surface area contributed by atoms with E-state index in [0.29, 0.717) is 5.70 Å². The van der Waals surface area contributed by atoms with E-state index in [1.165, 1.54) is 17.3 Å². The van der Waals surface area contributed by atoms with Crippen LogP contribution in [0, 0.1) is 6.92 Å². The third-order valence-corrected chi connectivity index (χ3v) is 6.33. The average molecular weight is 438 g/mol. The topological polar surface area (TPSA) is 37.4 Å². The van der Waals surface area contributed by atoms with Crippen LogP contribution in [0.15, 0.2) is 89.0 Å². The van der Waals surface area contributed by atoms with E-state index >= 15 is 0 Å². The predicted molar refractivity (Wildman–Crippen MR) is 114 cm³/mol. The Bertz CT molecular complexity index is 967. The van der Waals surface area contributed by atoms with E-state index in [0.717, 1.165) is 30.6 Å². The van der Waals surface area contributed by atoms with Gasteiger partial charge in [0.05, 0.1) is 17.0 Å². The first-order valence-corrected chi connectivity index (χ1v) is 11.1. The SMILES string of the molecule is C/C=C(\C=C/C/C=C/CN(C1=CCCC=C1)S(=O)(=O)c1ccc(C)cc1)C(F)(F)F. The number of allylic oxidation sites excluding steroid dienone is 8. The third kappa shape index (κ3) is 6.49. The Labute approximate surface area is 176 Å². The van der Waals surface area contributed by atoms with Crippen molar-refractivity contribution in [1.29, 1.82) is 0 Å². The summed E-state index contributed by atoms with van der Waals surface area (Å²) in [5.41, 5.74) is 0.843. The number of rotatable bonds is 8. The number of sulfonamides is 1. The smallest absolute Gasteiger partial charge is 0.263 e. The highest BCUT2D eigenvalue weighted by Gasteiger charge is 2.30. The number of alkyl halides is 3. The highest BCUT2D eigenvalue weighted by molar-refractivity contribution is 7.89. The van der Waals surface area contributed by atoms with Crippen LogP contribution in [0.3, 0.4) is 0 Å². The van der Waals surface area contributed by atoms with Gasteiger partial charge < -0.3 is 0 Å². The number of hydrogen-bond acceptors (Lipinski definition) is 2. The molecule has 0 fully saturated rings. The first kappa shape index (κ1) is 23.7. The molecule has 1 aliphatic carbocycles. The Kier molecular flexibility index (Phi) is 8.29. The summed E-state index contributed by atoms with van der Waals surface area (Å²) < 4.78 is 65.8. The van der Waals surface area contributed by atoms with Gasteiger partial charge in [-0.15, -0.1) is 0 Å². The molecule has 0 unspecified atom stereocenters. The minimum atomic E-state index is -4.38. The molecule has 1 aromatic rings. The zero-order chi connectivity index (χ0) is 22.2. The molecule has 2 rings (SSSR count). The lowest BCUT2D eigenvalue weighted by Crippen LogP contribution is -2.30. The van der Waals surface area contributed by atoms with Gasteiger partial charge in [-0.05, 0) is 51.3 Å². The van der Waals surface area contributed by atoms with E-state index in [2.05, 4.69) is 0 Å². The standard InChI is InChI=1S/C23H26F3NO2S/c1-3-20(23(24,25)26)11-7-4-5-10-18-27(21-12-8-6-9-13-21)30(28,29)22-16-14-19(2)15-17-22/h3,5,7-8,10-17H,4,6,9,18H2,1-2H3/b10-5+,11-7-,20-3+. The fourth-order valence-corrected chi connectivity index (χ4v) is 4.29. The van der Waals surface area contributed by atoms with Crippen molar-refractivity contribution >= 4 is 10.0 Å². The van der Waals surface area contributed by atoms with Gasteiger partial charge in [0.25, 0.3) is 10.0 Å². The van der Waals surface area contributed by atoms with Gasteiger partial charge in [0.15, 0.2) is 0 Å². The molecule has 0 heterocycles. The summed E-state index contributed by atoms with van der Waals surface area (Å²) in [5, 5.41) is 0. The summed E-state index contributed by atoms with van der Waals surface area (Å²) in [6.07, 6.45) is 9.83. The van der Waals surface area contributed by atoms with E-state index in [4.69, 9.17) is 0 Å². The molecule has 0 bridgehead atoms. The fraction of sp³-hybridized carbons (Fsp3) is 0.304. The van der Waals surface area contributed by atoms with Crippen LogP contribution in [0.4, 0.5) is 13.2 Å². The van der Waals surface area contributed by atoms with Gasteiger partial charge in [0.2, 0.25) is 0 Å². The number of hydrogen-bond donors (Lipinski definition) is 0. The molecule has 162 valence electrons. The van der Waals surface area contributed by atoms with E-state index in [1.54, 1.807) is 42.5 Å². The largest absolute Gasteiger partial charge is 0.416 e. The monoisotopic (exact) mass is 437 g/mol. The van der Waals surface area contributed by atoms with Crippen molar-refractivity contribution in [3.05, 3.63) is 89.7 Å². The lowest BCUT2D eigenvalue weighted by Gasteiger charge is -2.25. The van der Waals surface area contributed by atoms with Crippen molar-refractivity contribution in [2.45, 2.75) is 44.2 Å². The zero-order valence-electron chi connectivity index (χ0n) is 17.1. The third-order valence-electron chi connectivity index (χ3n) is 4.52. The molecule has 7 heteroatoms. The quantitative estimate of drug-likeness (QED) is 0.357. The van der Waals surface area contributed by atoms with Crippen LogP contribution >= 0.6 is 0 Å². The van der Waals surface area contributed by atoms with Crippen LogP contribution in [-0.2, 0) is 10.0 Å². The van der Waals surface area contributed by atoms with Crippen LogP contribution in [0.5, 0.6) is 0 Å². The molecule has 0 radical (unpaired) electrons. The number of nitrogens with zero attached hydrogens (tertiary/aromatic N) is 1. The van der Waals surface area contributed by atoms with Crippen molar-refractivity contribution < 1.29 is 21.6 Å². The summed E-state index contributed by atoms with van der Waals surface area (Å²) in [4.78, 5) is 0.198. The number of halogens is 3. The van der Waals surface area contributed by atoms with Crippen molar-refractivity contribution in [2.24, 2.45) is 0 Å². The molecule has 30 heavy (non-hydrogen) atoms. The maximum Gasteiger partial charge on any atom is 0.416 e. The van der Waals surface area contributed by atoms with Gasteiger partial charge in [0, 0.05) is 5.70 Å². The Morgan fingerprint density at radius 2 is 1.80 bits per heavy atom. The molecule has 0 spiro atoms. The molecule has 0 amide bonds. The molecule has 1 aliphatic rings. The highest BCUT2D eigenvalue weighted by Crippen LogP contribution is 2.26. The molecule has 1 aromatic carbocycles. The predicted octanol–water partition coefficient (Wildman–Crippen LogP) is 6.23. The molecular formula is C23H26F3NO2S. The summed E-state index contributed by atoms with van der Waals surface area (Å²) in [5.74, 6) is 0. The molecule has 0 N–H and O–H groups in total. The van der Waals surface area contributed by atoms with Gasteiger partial charge in [-0.3, -0.25) is 4.31 Å². The van der Waals surface area contributed by atoms with Gasteiger partial charge >= 0.3 is 6.18 Å². The zero-order valence-corrected chi connectivity index (χ0v) is 17.9. The Morgan fingerprint density at radius 3 is 2.37 bits per heavy atom. The average Bonchev–Trinajstić information content (AvgIpc) is 2.70. The maximum absolute atomic E-state index is 13.2. The second-order valence-corrected chi connectivity index (χ2v) is 8.67. The van der Waals surface area contributed by atoms with Gasteiger partial charge in [0.1, 0.15) is 0 Å². The van der Waals surface area contributed by atoms with E-state index < -0.39 is 21.8 Å². The van der Waals surface area contributed by atoms with Crippen LogP contribution in [0.1, 0.15) is 31.7 Å². The van der Waals surface area contributed by atoms with Gasteiger partial charge in [-0.25, -0.2) is 8.42 Å². The summed E-state index contributed by atoms with van der Waals surface area (Å²) in [6.45, 7) is 3.31.